The Kier molecular flexibility index (Phi) is 5.93. The summed E-state index contributed by atoms with van der Waals surface area (Å²) in [5, 5.41) is 2.80. The Morgan fingerprint density at radius 3 is 2.75 bits per heavy atom. The summed E-state index contributed by atoms with van der Waals surface area (Å²) in [4.78, 5) is 11.6. The van der Waals surface area contributed by atoms with Gasteiger partial charge in [0.15, 0.2) is 0 Å². The Morgan fingerprint density at radius 2 is 2.12 bits per heavy atom. The maximum Gasteiger partial charge on any atom is 0.223 e. The van der Waals surface area contributed by atoms with Gasteiger partial charge in [0.1, 0.15) is 5.75 Å². The summed E-state index contributed by atoms with van der Waals surface area (Å²) < 4.78 is 5.41. The quantitative estimate of drug-likeness (QED) is 0.815. The Labute approximate surface area is 104 Å². The molecule has 1 rings (SSSR count). The van der Waals surface area contributed by atoms with Crippen LogP contribution in [0.4, 0.5) is 0 Å². The minimum Gasteiger partial charge on any atom is -0.493 e. The Hall–Kier alpha value is -1.03. The number of alkyl halides is 1. The monoisotopic (exact) mass is 285 g/mol. The lowest BCUT2D eigenvalue weighted by molar-refractivity contribution is -0.121. The third-order valence-electron chi connectivity index (χ3n) is 1.92. The fourth-order valence-electron chi connectivity index (χ4n) is 1.12. The topological polar surface area (TPSA) is 38.3 Å². The molecule has 1 N–H and O–H groups in total. The standard InChI is InChI=1S/C12H16BrNO2/c1-10(13)9-14-12(15)7-8-16-11-5-3-2-4-6-11/h2-6,10H,7-9H2,1H3,(H,14,15). The minimum atomic E-state index is 0.0160. The molecule has 0 heterocycles. The molecule has 1 aromatic rings. The van der Waals surface area contributed by atoms with Crippen molar-refractivity contribution < 1.29 is 9.53 Å². The van der Waals surface area contributed by atoms with Gasteiger partial charge in [0, 0.05) is 11.4 Å². The molecule has 0 aliphatic heterocycles. The molecule has 0 saturated carbocycles. The van der Waals surface area contributed by atoms with Crippen LogP contribution in [0.25, 0.3) is 0 Å². The Balaban J connectivity index is 2.13. The summed E-state index contributed by atoms with van der Waals surface area (Å²) in [6.07, 6.45) is 0.384. The first kappa shape index (κ1) is 13.0. The predicted molar refractivity (Wildman–Crippen MR) is 68.0 cm³/mol. The second-order valence-corrected chi connectivity index (χ2v) is 5.06. The van der Waals surface area contributed by atoms with Gasteiger partial charge in [0.2, 0.25) is 5.91 Å². The zero-order valence-electron chi connectivity index (χ0n) is 9.28. The number of nitrogens with one attached hydrogen (secondary N) is 1. The Bertz CT molecular complexity index is 314. The third-order valence-corrected chi connectivity index (χ3v) is 2.25. The van der Waals surface area contributed by atoms with E-state index in [1.165, 1.54) is 0 Å². The minimum absolute atomic E-state index is 0.0160. The first-order valence-electron chi connectivity index (χ1n) is 5.27. The molecule has 0 radical (unpaired) electrons. The number of ether oxygens (including phenoxy) is 1. The molecule has 4 heteroatoms. The van der Waals surface area contributed by atoms with Crippen LogP contribution in [0, 0.1) is 0 Å². The van der Waals surface area contributed by atoms with Crippen LogP contribution in [0.5, 0.6) is 5.75 Å². The molecule has 0 saturated heterocycles. The molecule has 1 aromatic carbocycles. The molecule has 16 heavy (non-hydrogen) atoms. The third kappa shape index (κ3) is 5.75. The zero-order valence-corrected chi connectivity index (χ0v) is 10.9. The van der Waals surface area contributed by atoms with E-state index in [0.717, 1.165) is 5.75 Å². The average Bonchev–Trinajstić information content (AvgIpc) is 2.28. The van der Waals surface area contributed by atoms with E-state index in [9.17, 15) is 4.79 Å². The normalized spacial score (nSPS) is 11.9. The van der Waals surface area contributed by atoms with Crippen LogP contribution < -0.4 is 10.1 Å². The second-order valence-electron chi connectivity index (χ2n) is 3.50. The maximum atomic E-state index is 11.3. The molecule has 1 unspecified atom stereocenters. The van der Waals surface area contributed by atoms with E-state index in [1.54, 1.807) is 0 Å². The van der Waals surface area contributed by atoms with Gasteiger partial charge in [-0.3, -0.25) is 4.79 Å². The molecule has 3 nitrogen and oxygen atoms in total. The summed E-state index contributed by atoms with van der Waals surface area (Å²) in [6, 6.07) is 9.48. The van der Waals surface area contributed by atoms with E-state index in [-0.39, 0.29) is 5.91 Å². The van der Waals surface area contributed by atoms with Crippen LogP contribution in [-0.4, -0.2) is 23.9 Å². The fourth-order valence-corrected chi connectivity index (χ4v) is 1.28. The highest BCUT2D eigenvalue weighted by Gasteiger charge is 2.02. The van der Waals surface area contributed by atoms with Gasteiger partial charge in [-0.2, -0.15) is 0 Å². The number of hydrogen-bond acceptors (Lipinski definition) is 2. The highest BCUT2D eigenvalue weighted by molar-refractivity contribution is 9.09. The van der Waals surface area contributed by atoms with Crippen molar-refractivity contribution in [3.63, 3.8) is 0 Å². The lowest BCUT2D eigenvalue weighted by Gasteiger charge is -2.07. The number of benzene rings is 1. The van der Waals surface area contributed by atoms with E-state index < -0.39 is 0 Å². The molecule has 1 atom stereocenters. The number of carbonyl (C=O) groups is 1. The van der Waals surface area contributed by atoms with Crippen molar-refractivity contribution in [2.24, 2.45) is 0 Å². The van der Waals surface area contributed by atoms with Crippen molar-refractivity contribution >= 4 is 21.8 Å². The SMILES string of the molecule is CC(Br)CNC(=O)CCOc1ccccc1. The van der Waals surface area contributed by atoms with Gasteiger partial charge in [-0.1, -0.05) is 41.1 Å². The van der Waals surface area contributed by atoms with Crippen LogP contribution in [0.15, 0.2) is 30.3 Å². The number of halogens is 1. The van der Waals surface area contributed by atoms with Crippen molar-refractivity contribution in [3.8, 4) is 5.75 Å². The smallest absolute Gasteiger partial charge is 0.223 e. The number of amides is 1. The molecule has 0 spiro atoms. The summed E-state index contributed by atoms with van der Waals surface area (Å²) >= 11 is 3.36. The van der Waals surface area contributed by atoms with Crippen molar-refractivity contribution in [2.45, 2.75) is 18.2 Å². The van der Waals surface area contributed by atoms with Crippen molar-refractivity contribution in [2.75, 3.05) is 13.2 Å². The van der Waals surface area contributed by atoms with Crippen molar-refractivity contribution in [3.05, 3.63) is 30.3 Å². The van der Waals surface area contributed by atoms with E-state index in [1.807, 2.05) is 37.3 Å². The lowest BCUT2D eigenvalue weighted by atomic mass is 10.3. The van der Waals surface area contributed by atoms with Gasteiger partial charge in [0.25, 0.3) is 0 Å². The van der Waals surface area contributed by atoms with Crippen LogP contribution in [0.3, 0.4) is 0 Å². The number of carbonyl (C=O) groups excluding carboxylic acids is 1. The molecule has 0 fully saturated rings. The molecule has 0 aromatic heterocycles. The highest BCUT2D eigenvalue weighted by atomic mass is 79.9. The first-order valence-corrected chi connectivity index (χ1v) is 6.18. The van der Waals surface area contributed by atoms with Crippen LogP contribution >= 0.6 is 15.9 Å². The van der Waals surface area contributed by atoms with Gasteiger partial charge < -0.3 is 10.1 Å². The summed E-state index contributed by atoms with van der Waals surface area (Å²) in [6.45, 7) is 3.04. The number of rotatable bonds is 6. The van der Waals surface area contributed by atoms with Crippen molar-refractivity contribution in [1.29, 1.82) is 0 Å². The summed E-state index contributed by atoms with van der Waals surface area (Å²) in [7, 11) is 0. The maximum absolute atomic E-state index is 11.3. The predicted octanol–water partition coefficient (Wildman–Crippen LogP) is 2.36. The van der Waals surface area contributed by atoms with Gasteiger partial charge in [0.05, 0.1) is 13.0 Å². The van der Waals surface area contributed by atoms with Crippen molar-refractivity contribution in [1.82, 2.24) is 5.32 Å². The zero-order chi connectivity index (χ0) is 11.8. The van der Waals surface area contributed by atoms with Gasteiger partial charge in [-0.25, -0.2) is 0 Å². The number of para-hydroxylation sites is 1. The molecule has 0 aliphatic rings. The lowest BCUT2D eigenvalue weighted by Crippen LogP contribution is -2.29. The van der Waals surface area contributed by atoms with Gasteiger partial charge in [-0.05, 0) is 12.1 Å². The van der Waals surface area contributed by atoms with E-state index in [4.69, 9.17) is 4.74 Å². The second kappa shape index (κ2) is 7.28. The molecule has 0 aliphatic carbocycles. The molecular formula is C12H16BrNO2. The highest BCUT2D eigenvalue weighted by Crippen LogP contribution is 2.08. The van der Waals surface area contributed by atoms with Crippen LogP contribution in [0.1, 0.15) is 13.3 Å². The van der Waals surface area contributed by atoms with Gasteiger partial charge >= 0.3 is 0 Å². The van der Waals surface area contributed by atoms with E-state index in [0.29, 0.717) is 24.4 Å². The van der Waals surface area contributed by atoms with Crippen LogP contribution in [0.2, 0.25) is 0 Å². The van der Waals surface area contributed by atoms with E-state index in [2.05, 4.69) is 21.2 Å². The fraction of sp³-hybridized carbons (Fsp3) is 0.417. The van der Waals surface area contributed by atoms with Gasteiger partial charge in [-0.15, -0.1) is 0 Å². The molecule has 88 valence electrons. The molecule has 0 bridgehead atoms. The summed E-state index contributed by atoms with van der Waals surface area (Å²) in [5.41, 5.74) is 0. The van der Waals surface area contributed by atoms with Crippen LogP contribution in [-0.2, 0) is 4.79 Å². The largest absolute Gasteiger partial charge is 0.493 e. The van der Waals surface area contributed by atoms with E-state index >= 15 is 0 Å². The summed E-state index contributed by atoms with van der Waals surface area (Å²) in [5.74, 6) is 0.811. The Morgan fingerprint density at radius 1 is 1.44 bits per heavy atom. The molecular weight excluding hydrogens is 270 g/mol. The first-order chi connectivity index (χ1) is 7.68. The average molecular weight is 286 g/mol. The molecule has 1 amide bonds. The number of hydrogen-bond donors (Lipinski definition) is 1.